The maximum absolute atomic E-state index is 13.9. The highest BCUT2D eigenvalue weighted by atomic mass is 32.2. The average molecular weight is 521 g/mol. The van der Waals surface area contributed by atoms with Crippen molar-refractivity contribution >= 4 is 44.8 Å². The molecule has 0 unspecified atom stereocenters. The molecule has 192 valence electrons. The lowest BCUT2D eigenvalue weighted by Gasteiger charge is -2.36. The van der Waals surface area contributed by atoms with Gasteiger partial charge in [-0.05, 0) is 55.3 Å². The first kappa shape index (κ1) is 25.9. The number of aryl methyl sites for hydroxylation is 2. The number of nitrogens with zero attached hydrogens (tertiary/aromatic N) is 1. The Morgan fingerprint density at radius 3 is 2.38 bits per heavy atom. The predicted molar refractivity (Wildman–Crippen MR) is 142 cm³/mol. The summed E-state index contributed by atoms with van der Waals surface area (Å²) in [7, 11) is -4.23. The number of nitrogens with one attached hydrogen (secondary N) is 3. The molecule has 1 aliphatic rings. The third-order valence-corrected chi connectivity index (χ3v) is 7.88. The van der Waals surface area contributed by atoms with E-state index in [1.807, 2.05) is 26.0 Å². The summed E-state index contributed by atoms with van der Waals surface area (Å²) in [5, 5.41) is 8.18. The summed E-state index contributed by atoms with van der Waals surface area (Å²) >= 11 is 0. The minimum atomic E-state index is -4.23. The molecule has 1 aliphatic heterocycles. The summed E-state index contributed by atoms with van der Waals surface area (Å²) in [5.74, 6) is -1.28. The van der Waals surface area contributed by atoms with E-state index in [0.29, 0.717) is 11.4 Å². The first-order valence-corrected chi connectivity index (χ1v) is 13.1. The minimum absolute atomic E-state index is 0.0386. The van der Waals surface area contributed by atoms with Crippen LogP contribution in [0.2, 0.25) is 0 Å². The molecule has 3 aromatic carbocycles. The Balaban J connectivity index is 1.66. The van der Waals surface area contributed by atoms with Gasteiger partial charge in [0.25, 0.3) is 10.0 Å². The lowest BCUT2D eigenvalue weighted by atomic mass is 10.1. The zero-order valence-electron chi connectivity index (χ0n) is 20.7. The molecule has 3 aromatic rings. The number of carbonyl (C=O) groups excluding carboxylic acids is 3. The van der Waals surface area contributed by atoms with E-state index in [9.17, 15) is 22.8 Å². The number of carbonyl (C=O) groups is 3. The first-order valence-electron chi connectivity index (χ1n) is 11.7. The summed E-state index contributed by atoms with van der Waals surface area (Å²) in [4.78, 5) is 37.3. The van der Waals surface area contributed by atoms with Crippen molar-refractivity contribution in [3.8, 4) is 0 Å². The number of anilines is 3. The SMILES string of the molecule is CC(=O)NCc1ccc(S(=O)(=O)N2c3ccccc3NC(=O)[C@H]2CC(=O)Nc2ccc(C)cc2C)cc1. The van der Waals surface area contributed by atoms with Crippen LogP contribution in [0, 0.1) is 13.8 Å². The quantitative estimate of drug-likeness (QED) is 0.440. The standard InChI is InChI=1S/C27H28N4O5S/c1-17-8-13-22(18(2)14-17)29-26(33)15-25-27(34)30-23-6-4-5-7-24(23)31(25)37(35,36)21-11-9-20(10-12-21)16-28-19(3)32/h4-14,25H,15-16H2,1-3H3,(H,28,32)(H,29,33)(H,30,34)/t25-/m1/s1. The van der Waals surface area contributed by atoms with E-state index in [4.69, 9.17) is 0 Å². The summed E-state index contributed by atoms with van der Waals surface area (Å²) < 4.78 is 28.7. The van der Waals surface area contributed by atoms with Crippen LogP contribution in [0.25, 0.3) is 0 Å². The van der Waals surface area contributed by atoms with E-state index in [1.165, 1.54) is 19.1 Å². The highest BCUT2D eigenvalue weighted by Crippen LogP contribution is 2.37. The van der Waals surface area contributed by atoms with Gasteiger partial charge in [-0.3, -0.25) is 18.7 Å². The average Bonchev–Trinajstić information content (AvgIpc) is 2.85. The summed E-state index contributed by atoms with van der Waals surface area (Å²) in [5.41, 5.74) is 3.82. The zero-order chi connectivity index (χ0) is 26.7. The lowest BCUT2D eigenvalue weighted by molar-refractivity contribution is -0.122. The van der Waals surface area contributed by atoms with Crippen LogP contribution in [0.5, 0.6) is 0 Å². The molecule has 0 fully saturated rings. The number of hydrogen-bond acceptors (Lipinski definition) is 5. The van der Waals surface area contributed by atoms with Gasteiger partial charge in [-0.1, -0.05) is 42.0 Å². The van der Waals surface area contributed by atoms with Crippen LogP contribution in [0.4, 0.5) is 17.1 Å². The predicted octanol–water partition coefficient (Wildman–Crippen LogP) is 3.48. The van der Waals surface area contributed by atoms with Crippen LogP contribution >= 0.6 is 0 Å². The third kappa shape index (κ3) is 5.64. The van der Waals surface area contributed by atoms with Gasteiger partial charge in [0, 0.05) is 19.2 Å². The van der Waals surface area contributed by atoms with Crippen LogP contribution in [-0.2, 0) is 31.0 Å². The Kier molecular flexibility index (Phi) is 7.30. The molecule has 0 aromatic heterocycles. The topological polar surface area (TPSA) is 125 Å². The van der Waals surface area contributed by atoms with Crippen molar-refractivity contribution in [2.24, 2.45) is 0 Å². The van der Waals surface area contributed by atoms with Gasteiger partial charge in [0.15, 0.2) is 0 Å². The van der Waals surface area contributed by atoms with E-state index in [0.717, 1.165) is 21.0 Å². The molecule has 0 saturated carbocycles. The summed E-state index contributed by atoms with van der Waals surface area (Å²) in [6.07, 6.45) is -0.382. The van der Waals surface area contributed by atoms with Crippen molar-refractivity contribution in [2.45, 2.75) is 44.7 Å². The van der Waals surface area contributed by atoms with Crippen molar-refractivity contribution in [2.75, 3.05) is 14.9 Å². The maximum atomic E-state index is 13.9. The lowest BCUT2D eigenvalue weighted by Crippen LogP contribution is -2.52. The third-order valence-electron chi connectivity index (χ3n) is 6.04. The van der Waals surface area contributed by atoms with Gasteiger partial charge in [0.05, 0.1) is 22.7 Å². The van der Waals surface area contributed by atoms with E-state index in [1.54, 1.807) is 42.5 Å². The van der Waals surface area contributed by atoms with Crippen molar-refractivity contribution in [1.29, 1.82) is 0 Å². The van der Waals surface area contributed by atoms with Crippen LogP contribution in [0.3, 0.4) is 0 Å². The monoisotopic (exact) mass is 520 g/mol. The van der Waals surface area contributed by atoms with Crippen molar-refractivity contribution in [3.05, 3.63) is 83.4 Å². The van der Waals surface area contributed by atoms with Gasteiger partial charge in [0.1, 0.15) is 6.04 Å². The Hall–Kier alpha value is -4.18. The summed E-state index contributed by atoms with van der Waals surface area (Å²) in [6.45, 7) is 5.45. The highest BCUT2D eigenvalue weighted by molar-refractivity contribution is 7.93. The summed E-state index contributed by atoms with van der Waals surface area (Å²) in [6, 6.07) is 16.9. The van der Waals surface area contributed by atoms with E-state index in [2.05, 4.69) is 16.0 Å². The Labute approximate surface area is 215 Å². The smallest absolute Gasteiger partial charge is 0.265 e. The van der Waals surface area contributed by atoms with Crippen LogP contribution < -0.4 is 20.3 Å². The van der Waals surface area contributed by atoms with Gasteiger partial charge in [-0.2, -0.15) is 0 Å². The van der Waals surface area contributed by atoms with Crippen LogP contribution in [0.1, 0.15) is 30.0 Å². The minimum Gasteiger partial charge on any atom is -0.352 e. The Morgan fingerprint density at radius 2 is 1.70 bits per heavy atom. The number of amides is 3. The molecule has 9 nitrogen and oxygen atoms in total. The van der Waals surface area contributed by atoms with Crippen LogP contribution in [-0.4, -0.2) is 32.2 Å². The number of sulfonamides is 1. The van der Waals surface area contributed by atoms with Gasteiger partial charge in [0.2, 0.25) is 17.7 Å². The number of rotatable bonds is 7. The maximum Gasteiger partial charge on any atom is 0.265 e. The Morgan fingerprint density at radius 1 is 1.00 bits per heavy atom. The van der Waals surface area contributed by atoms with Crippen LogP contribution in [0.15, 0.2) is 71.6 Å². The normalized spacial score (nSPS) is 14.9. The molecular weight excluding hydrogens is 492 g/mol. The first-order chi connectivity index (χ1) is 17.6. The molecule has 0 bridgehead atoms. The number of benzene rings is 3. The fourth-order valence-corrected chi connectivity index (χ4v) is 5.82. The molecular formula is C27H28N4O5S. The van der Waals surface area contributed by atoms with E-state index >= 15 is 0 Å². The molecule has 0 spiro atoms. The van der Waals surface area contributed by atoms with Gasteiger partial charge < -0.3 is 16.0 Å². The van der Waals surface area contributed by atoms with Gasteiger partial charge in [-0.25, -0.2) is 8.42 Å². The second-order valence-corrected chi connectivity index (χ2v) is 10.8. The molecule has 10 heteroatoms. The van der Waals surface area contributed by atoms with E-state index in [-0.39, 0.29) is 29.5 Å². The molecule has 1 atom stereocenters. The van der Waals surface area contributed by atoms with Crippen molar-refractivity contribution in [1.82, 2.24) is 5.32 Å². The molecule has 37 heavy (non-hydrogen) atoms. The van der Waals surface area contributed by atoms with Gasteiger partial charge in [-0.15, -0.1) is 0 Å². The molecule has 3 amide bonds. The molecule has 0 radical (unpaired) electrons. The molecule has 1 heterocycles. The fourth-order valence-electron chi connectivity index (χ4n) is 4.18. The molecule has 3 N–H and O–H groups in total. The Bertz CT molecular complexity index is 1470. The van der Waals surface area contributed by atoms with Gasteiger partial charge >= 0.3 is 0 Å². The zero-order valence-corrected chi connectivity index (χ0v) is 21.6. The largest absolute Gasteiger partial charge is 0.352 e. The second kappa shape index (κ2) is 10.4. The number of para-hydroxylation sites is 2. The molecule has 0 aliphatic carbocycles. The molecule has 0 saturated heterocycles. The number of hydrogen-bond donors (Lipinski definition) is 3. The highest BCUT2D eigenvalue weighted by Gasteiger charge is 2.42. The van der Waals surface area contributed by atoms with Crippen molar-refractivity contribution in [3.63, 3.8) is 0 Å². The second-order valence-electron chi connectivity index (χ2n) is 8.95. The van der Waals surface area contributed by atoms with Crippen molar-refractivity contribution < 1.29 is 22.8 Å². The fraction of sp³-hybridized carbons (Fsp3) is 0.222. The molecule has 4 rings (SSSR count). The number of fused-ring (bicyclic) bond motifs is 1. The van der Waals surface area contributed by atoms with E-state index < -0.39 is 27.9 Å².